The number of rotatable bonds is 5. The smallest absolute Gasteiger partial charge is 0.0857 e. The molecule has 0 radical (unpaired) electrons. The molecule has 0 aliphatic carbocycles. The summed E-state index contributed by atoms with van der Waals surface area (Å²) in [4.78, 5) is 1.31. The summed E-state index contributed by atoms with van der Waals surface area (Å²) in [6.07, 6.45) is 2.37. The van der Waals surface area contributed by atoms with Crippen LogP contribution in [0.5, 0.6) is 0 Å². The normalized spacial score (nSPS) is 14.3. The third-order valence-electron chi connectivity index (χ3n) is 3.34. The molecular formula is C13H25N3S. The second-order valence-corrected chi connectivity index (χ2v) is 6.36. The maximum Gasteiger partial charge on any atom is 0.0857 e. The molecule has 1 aromatic rings. The van der Waals surface area contributed by atoms with Crippen LogP contribution in [-0.2, 0) is 5.41 Å². The van der Waals surface area contributed by atoms with Crippen molar-refractivity contribution in [3.63, 3.8) is 0 Å². The van der Waals surface area contributed by atoms with Crippen LogP contribution in [-0.4, -0.2) is 16.6 Å². The summed E-state index contributed by atoms with van der Waals surface area (Å²) in [5, 5.41) is 7.79. The van der Waals surface area contributed by atoms with Gasteiger partial charge in [0.2, 0.25) is 0 Å². The molecule has 1 atom stereocenters. The molecule has 4 heteroatoms. The van der Waals surface area contributed by atoms with Crippen LogP contribution >= 0.6 is 11.5 Å². The summed E-state index contributed by atoms with van der Waals surface area (Å²) in [5.74, 6) is 0.656. The SMILES string of the molecule is CCC(CC)C(NC)c1snnc1C(C)(C)C. The van der Waals surface area contributed by atoms with Gasteiger partial charge in [0.25, 0.3) is 0 Å². The van der Waals surface area contributed by atoms with Crippen molar-refractivity contribution < 1.29 is 0 Å². The van der Waals surface area contributed by atoms with Gasteiger partial charge in [0, 0.05) is 11.5 Å². The van der Waals surface area contributed by atoms with Gasteiger partial charge in [0.15, 0.2) is 0 Å². The highest BCUT2D eigenvalue weighted by Crippen LogP contribution is 2.35. The molecule has 0 fully saturated rings. The molecule has 0 saturated heterocycles. The highest BCUT2D eigenvalue weighted by atomic mass is 32.1. The van der Waals surface area contributed by atoms with Crippen LogP contribution in [0.2, 0.25) is 0 Å². The number of nitrogens with one attached hydrogen (secondary N) is 1. The molecule has 3 nitrogen and oxygen atoms in total. The van der Waals surface area contributed by atoms with Crippen LogP contribution < -0.4 is 5.32 Å². The minimum atomic E-state index is 0.0729. The Morgan fingerprint density at radius 2 is 1.82 bits per heavy atom. The lowest BCUT2D eigenvalue weighted by atomic mass is 9.85. The largest absolute Gasteiger partial charge is 0.312 e. The van der Waals surface area contributed by atoms with Crippen molar-refractivity contribution in [3.05, 3.63) is 10.6 Å². The molecule has 0 aromatic carbocycles. The quantitative estimate of drug-likeness (QED) is 0.874. The number of aromatic nitrogens is 2. The fourth-order valence-electron chi connectivity index (χ4n) is 2.26. The Labute approximate surface area is 109 Å². The maximum atomic E-state index is 4.34. The van der Waals surface area contributed by atoms with Crippen molar-refractivity contribution >= 4 is 11.5 Å². The van der Waals surface area contributed by atoms with E-state index in [9.17, 15) is 0 Å². The Bertz CT molecular complexity index is 337. The van der Waals surface area contributed by atoms with Crippen LogP contribution in [0.3, 0.4) is 0 Å². The van der Waals surface area contributed by atoms with Crippen molar-refractivity contribution in [2.75, 3.05) is 7.05 Å². The summed E-state index contributed by atoms with van der Waals surface area (Å²) < 4.78 is 4.16. The molecule has 0 bridgehead atoms. The predicted octanol–water partition coefficient (Wildman–Crippen LogP) is 3.53. The lowest BCUT2D eigenvalue weighted by molar-refractivity contribution is 0.358. The zero-order chi connectivity index (χ0) is 13.1. The Kier molecular flexibility index (Phi) is 5.07. The average Bonchev–Trinajstić information content (AvgIpc) is 2.73. The molecule has 1 heterocycles. The average molecular weight is 255 g/mol. The van der Waals surface area contributed by atoms with Gasteiger partial charge in [-0.2, -0.15) is 0 Å². The lowest BCUT2D eigenvalue weighted by Gasteiger charge is -2.27. The molecular weight excluding hydrogens is 230 g/mol. The van der Waals surface area contributed by atoms with Gasteiger partial charge < -0.3 is 5.32 Å². The maximum absolute atomic E-state index is 4.34. The summed E-state index contributed by atoms with van der Waals surface area (Å²) in [6.45, 7) is 11.1. The monoisotopic (exact) mass is 255 g/mol. The van der Waals surface area contributed by atoms with E-state index in [0.717, 1.165) is 5.69 Å². The van der Waals surface area contributed by atoms with Crippen LogP contribution in [0.15, 0.2) is 0 Å². The van der Waals surface area contributed by atoms with E-state index in [4.69, 9.17) is 0 Å². The van der Waals surface area contributed by atoms with E-state index in [2.05, 4.69) is 49.5 Å². The van der Waals surface area contributed by atoms with E-state index in [1.807, 2.05) is 7.05 Å². The Morgan fingerprint density at radius 3 is 2.24 bits per heavy atom. The van der Waals surface area contributed by atoms with Crippen molar-refractivity contribution in [1.82, 2.24) is 14.9 Å². The van der Waals surface area contributed by atoms with Gasteiger partial charge in [-0.1, -0.05) is 51.9 Å². The molecule has 98 valence electrons. The minimum absolute atomic E-state index is 0.0729. The minimum Gasteiger partial charge on any atom is -0.312 e. The summed E-state index contributed by atoms with van der Waals surface area (Å²) in [7, 11) is 2.04. The van der Waals surface area contributed by atoms with Gasteiger partial charge in [-0.15, -0.1) is 5.10 Å². The van der Waals surface area contributed by atoms with Gasteiger partial charge in [0.1, 0.15) is 0 Å². The molecule has 0 saturated carbocycles. The van der Waals surface area contributed by atoms with Crippen LogP contribution in [0, 0.1) is 5.92 Å². The molecule has 1 rings (SSSR count). The molecule has 17 heavy (non-hydrogen) atoms. The van der Waals surface area contributed by atoms with Crippen molar-refractivity contribution in [1.29, 1.82) is 0 Å². The van der Waals surface area contributed by atoms with Crippen LogP contribution in [0.4, 0.5) is 0 Å². The van der Waals surface area contributed by atoms with E-state index < -0.39 is 0 Å². The number of hydrogen-bond donors (Lipinski definition) is 1. The third-order valence-corrected chi connectivity index (χ3v) is 4.14. The van der Waals surface area contributed by atoms with Crippen LogP contribution in [0.1, 0.15) is 64.1 Å². The van der Waals surface area contributed by atoms with E-state index >= 15 is 0 Å². The van der Waals surface area contributed by atoms with Crippen molar-refractivity contribution in [2.45, 2.75) is 58.9 Å². The summed E-state index contributed by atoms with van der Waals surface area (Å²) >= 11 is 1.54. The van der Waals surface area contributed by atoms with Gasteiger partial charge >= 0.3 is 0 Å². The van der Waals surface area contributed by atoms with Gasteiger partial charge in [-0.25, -0.2) is 0 Å². The molecule has 0 aliphatic heterocycles. The zero-order valence-electron chi connectivity index (χ0n) is 11.9. The summed E-state index contributed by atoms with van der Waals surface area (Å²) in [5.41, 5.74) is 1.22. The van der Waals surface area contributed by atoms with E-state index in [1.54, 1.807) is 11.5 Å². The Hall–Kier alpha value is -0.480. The first-order valence-corrected chi connectivity index (χ1v) is 7.23. The Balaban J connectivity index is 3.08. The molecule has 1 N–H and O–H groups in total. The second-order valence-electron chi connectivity index (χ2n) is 5.58. The summed E-state index contributed by atoms with van der Waals surface area (Å²) in [6, 6.07) is 0.388. The number of nitrogens with zero attached hydrogens (tertiary/aromatic N) is 2. The molecule has 0 aliphatic rings. The van der Waals surface area contributed by atoms with E-state index in [1.165, 1.54) is 17.7 Å². The highest BCUT2D eigenvalue weighted by molar-refractivity contribution is 7.05. The van der Waals surface area contributed by atoms with Crippen LogP contribution in [0.25, 0.3) is 0 Å². The fourth-order valence-corrected chi connectivity index (χ4v) is 3.33. The molecule has 1 aromatic heterocycles. The van der Waals surface area contributed by atoms with Crippen molar-refractivity contribution in [2.24, 2.45) is 5.92 Å². The Morgan fingerprint density at radius 1 is 1.24 bits per heavy atom. The first-order chi connectivity index (χ1) is 7.95. The second kappa shape index (κ2) is 5.91. The fraction of sp³-hybridized carbons (Fsp3) is 0.846. The van der Waals surface area contributed by atoms with Crippen molar-refractivity contribution in [3.8, 4) is 0 Å². The lowest BCUT2D eigenvalue weighted by Crippen LogP contribution is -2.27. The topological polar surface area (TPSA) is 37.8 Å². The number of hydrogen-bond acceptors (Lipinski definition) is 4. The van der Waals surface area contributed by atoms with Gasteiger partial charge in [-0.3, -0.25) is 0 Å². The molecule has 0 amide bonds. The first-order valence-electron chi connectivity index (χ1n) is 6.45. The first kappa shape index (κ1) is 14.6. The standard InChI is InChI=1S/C13H25N3S/c1-7-9(8-2)10(14-6)11-12(13(3,4)5)15-16-17-11/h9-10,14H,7-8H2,1-6H3. The van der Waals surface area contributed by atoms with E-state index in [-0.39, 0.29) is 5.41 Å². The predicted molar refractivity (Wildman–Crippen MR) is 74.5 cm³/mol. The van der Waals surface area contributed by atoms with Gasteiger partial charge in [0.05, 0.1) is 10.6 Å². The molecule has 0 spiro atoms. The third kappa shape index (κ3) is 3.26. The zero-order valence-corrected chi connectivity index (χ0v) is 12.7. The van der Waals surface area contributed by atoms with Gasteiger partial charge in [-0.05, 0) is 24.5 Å². The highest BCUT2D eigenvalue weighted by Gasteiger charge is 2.29. The molecule has 1 unspecified atom stereocenters. The van der Waals surface area contributed by atoms with E-state index in [0.29, 0.717) is 12.0 Å².